The van der Waals surface area contributed by atoms with E-state index in [0.717, 1.165) is 51.1 Å². The number of carbonyl (C=O) groups is 2. The molecule has 1 aliphatic carbocycles. The number of nitrogens with one attached hydrogen (secondary N) is 2. The van der Waals surface area contributed by atoms with Gasteiger partial charge < -0.3 is 15.1 Å². The molecule has 2 N–H and O–H groups in total. The van der Waals surface area contributed by atoms with Gasteiger partial charge in [0.25, 0.3) is 0 Å². The number of amides is 2. The monoisotopic (exact) mass is 681 g/mol. The second kappa shape index (κ2) is 13.8. The van der Waals surface area contributed by atoms with Crippen molar-refractivity contribution >= 4 is 34.0 Å². The summed E-state index contributed by atoms with van der Waals surface area (Å²) in [6.45, 7) is 3.36. The molecular formula is C40H43N9O2. The van der Waals surface area contributed by atoms with Crippen LogP contribution in [0.2, 0.25) is 0 Å². The van der Waals surface area contributed by atoms with E-state index < -0.39 is 5.41 Å². The van der Waals surface area contributed by atoms with Crippen molar-refractivity contribution in [1.29, 1.82) is 0 Å². The van der Waals surface area contributed by atoms with Gasteiger partial charge in [-0.15, -0.1) is 0 Å². The highest BCUT2D eigenvalue weighted by Crippen LogP contribution is 2.40. The fourth-order valence-electron chi connectivity index (χ4n) is 7.59. The molecule has 5 aromatic rings. The highest BCUT2D eigenvalue weighted by molar-refractivity contribution is 6.00. The summed E-state index contributed by atoms with van der Waals surface area (Å²) in [6.07, 6.45) is 11.4. The number of aromatic nitrogens is 5. The Morgan fingerprint density at radius 2 is 1.75 bits per heavy atom. The maximum atomic E-state index is 14.1. The molecule has 0 bridgehead atoms. The molecule has 2 fully saturated rings. The number of H-pyrrole nitrogens is 1. The van der Waals surface area contributed by atoms with E-state index in [9.17, 15) is 9.59 Å². The molecule has 8 rings (SSSR count). The Balaban J connectivity index is 0.912. The summed E-state index contributed by atoms with van der Waals surface area (Å²) in [7, 11) is 4.00. The Labute approximate surface area is 297 Å². The predicted octanol–water partition coefficient (Wildman–Crippen LogP) is 5.47. The van der Waals surface area contributed by atoms with Crippen LogP contribution >= 0.6 is 0 Å². The number of likely N-dealkylation sites (tertiary alicyclic amines) is 1. The van der Waals surface area contributed by atoms with Crippen molar-refractivity contribution in [2.24, 2.45) is 5.41 Å². The van der Waals surface area contributed by atoms with Crippen molar-refractivity contribution < 1.29 is 9.59 Å². The first-order valence-electron chi connectivity index (χ1n) is 17.8. The standard InChI is InChI=1S/C40H43N9O2/c1-47(2)25-40(39(51)44-32-10-11-34-33(23-32)37(46-45-34)31-12-18-41-35(22-31)29-6-7-29)15-21-48(26-40)24-36(50)49-19-13-28(14-20-49)27-4-8-30(9-5-27)38-42-16-3-17-43-38/h3-5,8-13,16-18,22-23,29H,6-7,14-15,19-21,24-26H2,1-2H3,(H,44,51)(H,45,46). The first-order valence-corrected chi connectivity index (χ1v) is 17.8. The predicted molar refractivity (Wildman–Crippen MR) is 199 cm³/mol. The summed E-state index contributed by atoms with van der Waals surface area (Å²) < 4.78 is 0. The minimum atomic E-state index is -0.645. The third kappa shape index (κ3) is 7.04. The minimum Gasteiger partial charge on any atom is -0.338 e. The molecule has 5 heterocycles. The first kappa shape index (κ1) is 32.9. The summed E-state index contributed by atoms with van der Waals surface area (Å²) in [5.74, 6) is 1.34. The van der Waals surface area contributed by atoms with Crippen molar-refractivity contribution in [2.45, 2.75) is 31.6 Å². The molecule has 1 unspecified atom stereocenters. The van der Waals surface area contributed by atoms with Crippen LogP contribution in [0, 0.1) is 5.41 Å². The summed E-state index contributed by atoms with van der Waals surface area (Å²) >= 11 is 0. The molecule has 0 spiro atoms. The SMILES string of the molecule is CN(C)CC1(C(=O)Nc2ccc3[nH]nc(-c4ccnc(C5CC5)c4)c3c2)CCN(CC(=O)N2CC=C(c3ccc(-c4ncccn4)cc3)CC2)C1. The molecule has 51 heavy (non-hydrogen) atoms. The van der Waals surface area contributed by atoms with E-state index in [1.54, 1.807) is 12.4 Å². The zero-order valence-corrected chi connectivity index (χ0v) is 29.2. The summed E-state index contributed by atoms with van der Waals surface area (Å²) in [4.78, 5) is 47.0. The molecule has 11 nitrogen and oxygen atoms in total. The van der Waals surface area contributed by atoms with Gasteiger partial charge in [0.1, 0.15) is 5.69 Å². The topological polar surface area (TPSA) is 123 Å². The smallest absolute Gasteiger partial charge is 0.237 e. The molecular weight excluding hydrogens is 639 g/mol. The second-order valence-corrected chi connectivity index (χ2v) is 14.5. The normalized spacial score (nSPS) is 19.4. The lowest BCUT2D eigenvalue weighted by atomic mass is 9.85. The highest BCUT2D eigenvalue weighted by atomic mass is 16.2. The molecule has 3 aromatic heterocycles. The van der Waals surface area contributed by atoms with Crippen LogP contribution in [0.5, 0.6) is 0 Å². The van der Waals surface area contributed by atoms with Crippen LogP contribution in [0.1, 0.15) is 42.9 Å². The molecule has 11 heteroatoms. The number of benzene rings is 2. The van der Waals surface area contributed by atoms with E-state index in [0.29, 0.717) is 57.4 Å². The fourth-order valence-corrected chi connectivity index (χ4v) is 7.59. The van der Waals surface area contributed by atoms with Crippen LogP contribution in [-0.4, -0.2) is 105 Å². The minimum absolute atomic E-state index is 0.0223. The summed E-state index contributed by atoms with van der Waals surface area (Å²) in [5, 5.41) is 12.0. The third-order valence-electron chi connectivity index (χ3n) is 10.4. The Bertz CT molecular complexity index is 2090. The Hall–Kier alpha value is -5.26. The summed E-state index contributed by atoms with van der Waals surface area (Å²) in [5.41, 5.74) is 7.38. The quantitative estimate of drug-likeness (QED) is 0.199. The number of aromatic amines is 1. The number of nitrogens with zero attached hydrogens (tertiary/aromatic N) is 7. The lowest BCUT2D eigenvalue weighted by Gasteiger charge is -2.32. The lowest BCUT2D eigenvalue weighted by molar-refractivity contribution is -0.132. The Kier molecular flexibility index (Phi) is 8.91. The van der Waals surface area contributed by atoms with E-state index in [4.69, 9.17) is 0 Å². The van der Waals surface area contributed by atoms with Gasteiger partial charge in [0.05, 0.1) is 17.5 Å². The number of rotatable bonds is 10. The lowest BCUT2D eigenvalue weighted by Crippen LogP contribution is -2.47. The van der Waals surface area contributed by atoms with Gasteiger partial charge in [0, 0.05) is 78.6 Å². The average Bonchev–Trinajstić information content (AvgIpc) is 3.81. The van der Waals surface area contributed by atoms with Gasteiger partial charge in [-0.05, 0) is 93.9 Å². The van der Waals surface area contributed by atoms with Crippen molar-refractivity contribution in [2.75, 3.05) is 58.7 Å². The highest BCUT2D eigenvalue weighted by Gasteiger charge is 2.45. The first-order chi connectivity index (χ1) is 24.8. The Morgan fingerprint density at radius 1 is 0.941 bits per heavy atom. The number of anilines is 1. The second-order valence-electron chi connectivity index (χ2n) is 14.5. The van der Waals surface area contributed by atoms with E-state index in [2.05, 4.69) is 64.5 Å². The molecule has 1 saturated heterocycles. The molecule has 2 amide bonds. The van der Waals surface area contributed by atoms with Crippen LogP contribution < -0.4 is 5.32 Å². The fraction of sp³-hybridized carbons (Fsp3) is 0.350. The van der Waals surface area contributed by atoms with Gasteiger partial charge in [0.2, 0.25) is 11.8 Å². The summed E-state index contributed by atoms with van der Waals surface area (Å²) in [6, 6.07) is 20.1. The van der Waals surface area contributed by atoms with Crippen molar-refractivity contribution in [3.05, 3.63) is 96.6 Å². The Morgan fingerprint density at radius 3 is 2.49 bits per heavy atom. The largest absolute Gasteiger partial charge is 0.338 e. The molecule has 2 aromatic carbocycles. The molecule has 260 valence electrons. The van der Waals surface area contributed by atoms with Crippen LogP contribution in [0.25, 0.3) is 39.1 Å². The van der Waals surface area contributed by atoms with Gasteiger partial charge in [-0.3, -0.25) is 24.6 Å². The van der Waals surface area contributed by atoms with E-state index >= 15 is 0 Å². The number of hydrogen-bond donors (Lipinski definition) is 2. The van der Waals surface area contributed by atoms with Gasteiger partial charge in [-0.2, -0.15) is 5.10 Å². The third-order valence-corrected chi connectivity index (χ3v) is 10.4. The molecule has 1 atom stereocenters. The maximum Gasteiger partial charge on any atom is 0.237 e. The maximum absolute atomic E-state index is 14.1. The van der Waals surface area contributed by atoms with Crippen molar-refractivity contribution in [1.82, 2.24) is 39.8 Å². The number of carbonyl (C=O) groups excluding carboxylic acids is 2. The van der Waals surface area contributed by atoms with Gasteiger partial charge in [0.15, 0.2) is 5.82 Å². The van der Waals surface area contributed by atoms with Gasteiger partial charge in [-0.1, -0.05) is 30.3 Å². The van der Waals surface area contributed by atoms with Gasteiger partial charge in [-0.25, -0.2) is 9.97 Å². The molecule has 0 radical (unpaired) electrons. The number of hydrogen-bond acceptors (Lipinski definition) is 8. The van der Waals surface area contributed by atoms with E-state index in [1.807, 2.05) is 67.7 Å². The molecule has 1 saturated carbocycles. The molecule has 2 aliphatic heterocycles. The molecule has 3 aliphatic rings. The number of pyridine rings is 1. The zero-order chi connectivity index (χ0) is 35.0. The van der Waals surface area contributed by atoms with E-state index in [-0.39, 0.29) is 11.8 Å². The number of fused-ring (bicyclic) bond motifs is 1. The average molecular weight is 682 g/mol. The van der Waals surface area contributed by atoms with Crippen LogP contribution in [0.4, 0.5) is 5.69 Å². The van der Waals surface area contributed by atoms with Crippen molar-refractivity contribution in [3.8, 4) is 22.6 Å². The van der Waals surface area contributed by atoms with Gasteiger partial charge >= 0.3 is 0 Å². The van der Waals surface area contributed by atoms with Crippen molar-refractivity contribution in [3.63, 3.8) is 0 Å². The van der Waals surface area contributed by atoms with Crippen LogP contribution in [0.15, 0.2) is 85.3 Å². The van der Waals surface area contributed by atoms with Crippen LogP contribution in [0.3, 0.4) is 0 Å². The zero-order valence-electron chi connectivity index (χ0n) is 29.2. The van der Waals surface area contributed by atoms with E-state index in [1.165, 1.54) is 18.4 Å². The van der Waals surface area contributed by atoms with Crippen LogP contribution in [-0.2, 0) is 9.59 Å².